The van der Waals surface area contributed by atoms with Crippen molar-refractivity contribution in [3.8, 4) is 0 Å². The number of anilines is 1. The third-order valence-electron chi connectivity index (χ3n) is 2.76. The predicted octanol–water partition coefficient (Wildman–Crippen LogP) is 4.57. The molecule has 0 saturated heterocycles. The van der Waals surface area contributed by atoms with E-state index in [4.69, 9.17) is 28.3 Å². The second kappa shape index (κ2) is 6.47. The highest BCUT2D eigenvalue weighted by molar-refractivity contribution is 7.16. The Hall–Kier alpha value is -1.56. The minimum Gasteiger partial charge on any atom is -0.478 e. The smallest absolute Gasteiger partial charge is 0.338 e. The lowest BCUT2D eigenvalue weighted by Crippen LogP contribution is -2.13. The Morgan fingerprint density at radius 3 is 2.52 bits per heavy atom. The van der Waals surface area contributed by atoms with E-state index in [1.165, 1.54) is 23.5 Å². The van der Waals surface area contributed by atoms with Gasteiger partial charge in [-0.3, -0.25) is 4.79 Å². The third-order valence-corrected chi connectivity index (χ3v) is 4.51. The summed E-state index contributed by atoms with van der Waals surface area (Å²) in [5.41, 5.74) is 0.319. The largest absolute Gasteiger partial charge is 0.478 e. The lowest BCUT2D eigenvalue weighted by atomic mass is 10.2. The second-order valence-corrected chi connectivity index (χ2v) is 6.17. The van der Waals surface area contributed by atoms with Crippen LogP contribution in [0.5, 0.6) is 0 Å². The number of carboxylic acids is 1. The lowest BCUT2D eigenvalue weighted by molar-refractivity contribution is 0.0698. The minimum absolute atomic E-state index is 0.0790. The number of aryl methyl sites for hydroxylation is 1. The van der Waals surface area contributed by atoms with Crippen LogP contribution >= 0.6 is 34.5 Å². The fraction of sp³-hybridized carbons (Fsp3) is 0.143. The van der Waals surface area contributed by atoms with E-state index in [-0.39, 0.29) is 16.1 Å². The highest BCUT2D eigenvalue weighted by Gasteiger charge is 2.18. The van der Waals surface area contributed by atoms with Gasteiger partial charge in [0.2, 0.25) is 0 Å². The summed E-state index contributed by atoms with van der Waals surface area (Å²) in [4.78, 5) is 24.3. The summed E-state index contributed by atoms with van der Waals surface area (Å²) >= 11 is 13.0. The number of carbonyl (C=O) groups excluding carboxylic acids is 1. The fourth-order valence-corrected chi connectivity index (χ4v) is 3.19. The van der Waals surface area contributed by atoms with Crippen LogP contribution in [0, 0.1) is 0 Å². The van der Waals surface area contributed by atoms with Gasteiger partial charge in [0.1, 0.15) is 5.00 Å². The number of benzene rings is 1. The molecule has 1 aromatic heterocycles. The van der Waals surface area contributed by atoms with Crippen LogP contribution in [-0.4, -0.2) is 17.0 Å². The molecular formula is C14H11Cl2NO3S. The van der Waals surface area contributed by atoms with Crippen molar-refractivity contribution in [2.24, 2.45) is 0 Å². The summed E-state index contributed by atoms with van der Waals surface area (Å²) in [5.74, 6) is -1.55. The van der Waals surface area contributed by atoms with Crippen LogP contribution in [0.3, 0.4) is 0 Å². The molecule has 0 aliphatic carbocycles. The number of nitrogens with one attached hydrogen (secondary N) is 1. The van der Waals surface area contributed by atoms with Gasteiger partial charge in [-0.15, -0.1) is 11.3 Å². The number of carboxylic acid groups (broad SMARTS) is 1. The molecule has 0 atom stereocenters. The zero-order valence-corrected chi connectivity index (χ0v) is 13.3. The first-order valence-electron chi connectivity index (χ1n) is 6.04. The maximum Gasteiger partial charge on any atom is 0.338 e. The van der Waals surface area contributed by atoms with Gasteiger partial charge in [0.05, 0.1) is 16.1 Å². The molecule has 2 rings (SSSR count). The Kier molecular flexibility index (Phi) is 4.88. The molecule has 0 aliphatic rings. The summed E-state index contributed by atoms with van der Waals surface area (Å²) in [6.07, 6.45) is 0.697. The molecule has 110 valence electrons. The van der Waals surface area contributed by atoms with Crippen LogP contribution < -0.4 is 5.32 Å². The van der Waals surface area contributed by atoms with Crippen LogP contribution in [-0.2, 0) is 6.42 Å². The molecule has 1 heterocycles. The van der Waals surface area contributed by atoms with E-state index in [0.29, 0.717) is 16.4 Å². The highest BCUT2D eigenvalue weighted by atomic mass is 35.5. The SMILES string of the molecule is CCc1cc(C(=O)O)c(NC(=O)c2ccc(Cl)cc2Cl)s1. The van der Waals surface area contributed by atoms with Crippen molar-refractivity contribution in [1.82, 2.24) is 0 Å². The molecular weight excluding hydrogens is 333 g/mol. The Morgan fingerprint density at radius 2 is 1.95 bits per heavy atom. The molecule has 7 heteroatoms. The van der Waals surface area contributed by atoms with Crippen LogP contribution in [0.2, 0.25) is 10.0 Å². The summed E-state index contributed by atoms with van der Waals surface area (Å²) < 4.78 is 0. The van der Waals surface area contributed by atoms with E-state index < -0.39 is 11.9 Å². The maximum absolute atomic E-state index is 12.2. The molecule has 2 N–H and O–H groups in total. The third kappa shape index (κ3) is 3.56. The zero-order valence-electron chi connectivity index (χ0n) is 10.9. The number of hydrogen-bond acceptors (Lipinski definition) is 3. The Bertz CT molecular complexity index is 712. The lowest BCUT2D eigenvalue weighted by Gasteiger charge is -2.06. The van der Waals surface area contributed by atoms with E-state index in [9.17, 15) is 9.59 Å². The second-order valence-electron chi connectivity index (χ2n) is 4.19. The Morgan fingerprint density at radius 1 is 1.24 bits per heavy atom. The monoisotopic (exact) mass is 343 g/mol. The van der Waals surface area contributed by atoms with E-state index in [1.54, 1.807) is 12.1 Å². The number of aromatic carboxylic acids is 1. The van der Waals surface area contributed by atoms with Crippen molar-refractivity contribution in [2.45, 2.75) is 13.3 Å². The number of hydrogen-bond donors (Lipinski definition) is 2. The quantitative estimate of drug-likeness (QED) is 0.854. The molecule has 0 unspecified atom stereocenters. The standard InChI is InChI=1S/C14H11Cl2NO3S/c1-2-8-6-10(14(19)20)13(21-8)17-12(18)9-4-3-7(15)5-11(9)16/h3-6H,2H2,1H3,(H,17,18)(H,19,20). The van der Waals surface area contributed by atoms with Gasteiger partial charge in [-0.25, -0.2) is 4.79 Å². The molecule has 1 amide bonds. The predicted molar refractivity (Wildman–Crippen MR) is 85.1 cm³/mol. The van der Waals surface area contributed by atoms with E-state index in [0.717, 1.165) is 4.88 Å². The van der Waals surface area contributed by atoms with Gasteiger partial charge >= 0.3 is 5.97 Å². The number of halogens is 2. The van der Waals surface area contributed by atoms with Crippen molar-refractivity contribution < 1.29 is 14.7 Å². The molecule has 0 fully saturated rings. The van der Waals surface area contributed by atoms with E-state index in [2.05, 4.69) is 5.32 Å². The summed E-state index contributed by atoms with van der Waals surface area (Å²) in [5, 5.41) is 12.7. The fourth-order valence-electron chi connectivity index (χ4n) is 1.71. The average Bonchev–Trinajstić information content (AvgIpc) is 2.81. The van der Waals surface area contributed by atoms with Gasteiger partial charge in [-0.05, 0) is 30.7 Å². The molecule has 0 saturated carbocycles. The summed E-state index contributed by atoms with van der Waals surface area (Å²) in [7, 11) is 0. The summed E-state index contributed by atoms with van der Waals surface area (Å²) in [6.45, 7) is 1.92. The van der Waals surface area contributed by atoms with Crippen molar-refractivity contribution in [3.05, 3.63) is 50.3 Å². The number of carbonyl (C=O) groups is 2. The average molecular weight is 344 g/mol. The first kappa shape index (κ1) is 15.8. The van der Waals surface area contributed by atoms with Crippen LogP contribution in [0.1, 0.15) is 32.5 Å². The van der Waals surface area contributed by atoms with Crippen molar-refractivity contribution in [1.29, 1.82) is 0 Å². The molecule has 0 spiro atoms. The number of amides is 1. The van der Waals surface area contributed by atoms with Crippen molar-refractivity contribution >= 4 is 51.4 Å². The van der Waals surface area contributed by atoms with Gasteiger partial charge in [0.25, 0.3) is 5.91 Å². The van der Waals surface area contributed by atoms with Gasteiger partial charge in [-0.2, -0.15) is 0 Å². The maximum atomic E-state index is 12.2. The minimum atomic E-state index is -1.08. The number of rotatable bonds is 4. The first-order chi connectivity index (χ1) is 9.92. The molecule has 1 aromatic carbocycles. The molecule has 4 nitrogen and oxygen atoms in total. The molecule has 0 bridgehead atoms. The molecule has 2 aromatic rings. The molecule has 0 radical (unpaired) electrons. The van der Waals surface area contributed by atoms with Crippen LogP contribution in [0.25, 0.3) is 0 Å². The Balaban J connectivity index is 2.31. The zero-order chi connectivity index (χ0) is 15.6. The first-order valence-corrected chi connectivity index (χ1v) is 7.62. The van der Waals surface area contributed by atoms with Crippen LogP contribution in [0.15, 0.2) is 24.3 Å². The molecule has 21 heavy (non-hydrogen) atoms. The van der Waals surface area contributed by atoms with Crippen molar-refractivity contribution in [3.63, 3.8) is 0 Å². The topological polar surface area (TPSA) is 66.4 Å². The van der Waals surface area contributed by atoms with E-state index >= 15 is 0 Å². The van der Waals surface area contributed by atoms with Crippen LogP contribution in [0.4, 0.5) is 5.00 Å². The van der Waals surface area contributed by atoms with Gasteiger partial charge in [0.15, 0.2) is 0 Å². The van der Waals surface area contributed by atoms with Gasteiger partial charge in [0, 0.05) is 9.90 Å². The summed E-state index contributed by atoms with van der Waals surface area (Å²) in [6, 6.07) is 6.06. The number of thiophene rings is 1. The Labute approximate surface area is 135 Å². The van der Waals surface area contributed by atoms with Crippen molar-refractivity contribution in [2.75, 3.05) is 5.32 Å². The van der Waals surface area contributed by atoms with Gasteiger partial charge in [-0.1, -0.05) is 30.1 Å². The van der Waals surface area contributed by atoms with E-state index in [1.807, 2.05) is 6.92 Å². The highest BCUT2D eigenvalue weighted by Crippen LogP contribution is 2.30. The van der Waals surface area contributed by atoms with Gasteiger partial charge < -0.3 is 10.4 Å². The normalized spacial score (nSPS) is 10.4. The molecule has 0 aliphatic heterocycles.